The van der Waals surface area contributed by atoms with E-state index in [-0.39, 0.29) is 11.9 Å². The fourth-order valence-electron chi connectivity index (χ4n) is 4.35. The third kappa shape index (κ3) is 6.22. The molecule has 2 aromatic carbocycles. The molecule has 2 aromatic heterocycles. The van der Waals surface area contributed by atoms with E-state index in [9.17, 15) is 14.9 Å². The molecule has 1 atom stereocenters. The van der Waals surface area contributed by atoms with Crippen LogP contribution in [0.2, 0.25) is 0 Å². The molecule has 4 aromatic rings. The van der Waals surface area contributed by atoms with Crippen molar-refractivity contribution in [2.45, 2.75) is 20.1 Å². The number of hydrogen-bond acceptors (Lipinski definition) is 6. The van der Waals surface area contributed by atoms with E-state index in [2.05, 4.69) is 6.07 Å². The van der Waals surface area contributed by atoms with E-state index in [0.717, 1.165) is 33.3 Å². The van der Waals surface area contributed by atoms with Crippen molar-refractivity contribution in [3.63, 3.8) is 0 Å². The van der Waals surface area contributed by atoms with Gasteiger partial charge in [-0.05, 0) is 62.5 Å². The molecule has 8 nitrogen and oxygen atoms in total. The first kappa shape index (κ1) is 27.3. The predicted octanol–water partition coefficient (Wildman–Crippen LogP) is 5.40. The van der Waals surface area contributed by atoms with Crippen LogP contribution in [0, 0.1) is 11.3 Å². The van der Waals surface area contributed by atoms with Gasteiger partial charge in [0.15, 0.2) is 6.23 Å². The topological polar surface area (TPSA) is 91.5 Å². The lowest BCUT2D eigenvalue weighted by Gasteiger charge is -2.17. The molecule has 0 fully saturated rings. The average Bonchev–Trinajstić information content (AvgIpc) is 3.31. The molecule has 198 valence electrons. The van der Waals surface area contributed by atoms with Crippen LogP contribution in [0.3, 0.4) is 0 Å². The Morgan fingerprint density at radius 2 is 1.82 bits per heavy atom. The molecule has 8 heteroatoms. The molecule has 0 saturated heterocycles. The molecule has 0 spiro atoms. The molecule has 39 heavy (non-hydrogen) atoms. The summed E-state index contributed by atoms with van der Waals surface area (Å²) in [5.41, 5.74) is 5.44. The van der Waals surface area contributed by atoms with E-state index in [4.69, 9.17) is 9.72 Å². The highest BCUT2D eigenvalue weighted by Gasteiger charge is 2.19. The van der Waals surface area contributed by atoms with Gasteiger partial charge in [-0.2, -0.15) is 5.26 Å². The predicted molar refractivity (Wildman–Crippen MR) is 153 cm³/mol. The van der Waals surface area contributed by atoms with Crippen LogP contribution in [0.5, 0.6) is 0 Å². The van der Waals surface area contributed by atoms with Crippen molar-refractivity contribution in [2.75, 3.05) is 32.6 Å². The number of carbonyl (C=O) groups excluding carboxylic acids is 2. The van der Waals surface area contributed by atoms with E-state index in [1.807, 2.05) is 84.4 Å². The van der Waals surface area contributed by atoms with Gasteiger partial charge in [-0.15, -0.1) is 0 Å². The second-order valence-corrected chi connectivity index (χ2v) is 9.56. The number of benzene rings is 2. The second kappa shape index (κ2) is 11.8. The van der Waals surface area contributed by atoms with Gasteiger partial charge in [0.25, 0.3) is 0 Å². The Hall–Kier alpha value is -4.74. The van der Waals surface area contributed by atoms with Crippen LogP contribution >= 0.6 is 0 Å². The summed E-state index contributed by atoms with van der Waals surface area (Å²) in [5.74, 6) is -0.500. The van der Waals surface area contributed by atoms with E-state index >= 15 is 0 Å². The molecule has 0 aliphatic heterocycles. The van der Waals surface area contributed by atoms with Gasteiger partial charge < -0.3 is 14.5 Å². The summed E-state index contributed by atoms with van der Waals surface area (Å²) in [6.45, 7) is 3.84. The number of ether oxygens (including phenoxy) is 1. The quantitative estimate of drug-likeness (QED) is 0.228. The number of amides is 1. The summed E-state index contributed by atoms with van der Waals surface area (Å²) >= 11 is 0. The molecule has 4 rings (SSSR count). The van der Waals surface area contributed by atoms with Gasteiger partial charge in [0.1, 0.15) is 5.65 Å². The number of carbonyl (C=O) groups is 2. The standard InChI is InChI=1S/C31H31N5O3/c1-21(39-22(2)37)36-20-29(25-11-6-9-23(15-25)18-32)28-17-26(19-33-31(28)36)24-10-7-12-27(16-24)35(5)30(38)13-8-14-34(3)4/h6-13,15-17,19-21H,14H2,1-5H3. The van der Waals surface area contributed by atoms with Crippen LogP contribution in [0.4, 0.5) is 5.69 Å². The maximum atomic E-state index is 12.7. The van der Waals surface area contributed by atoms with Crippen molar-refractivity contribution < 1.29 is 14.3 Å². The van der Waals surface area contributed by atoms with Crippen molar-refractivity contribution >= 4 is 28.6 Å². The van der Waals surface area contributed by atoms with E-state index in [1.165, 1.54) is 6.92 Å². The van der Waals surface area contributed by atoms with Gasteiger partial charge >= 0.3 is 5.97 Å². The third-order valence-corrected chi connectivity index (χ3v) is 6.33. The Morgan fingerprint density at radius 3 is 2.54 bits per heavy atom. The summed E-state index contributed by atoms with van der Waals surface area (Å²) in [7, 11) is 5.65. The molecule has 1 unspecified atom stereocenters. The fraction of sp³-hybridized carbons (Fsp3) is 0.226. The molecule has 0 aliphatic carbocycles. The van der Waals surface area contributed by atoms with Crippen molar-refractivity contribution in [3.05, 3.63) is 84.7 Å². The monoisotopic (exact) mass is 521 g/mol. The van der Waals surface area contributed by atoms with Crippen LogP contribution in [0.25, 0.3) is 33.3 Å². The third-order valence-electron chi connectivity index (χ3n) is 6.33. The molecule has 2 heterocycles. The normalized spacial score (nSPS) is 12.0. The van der Waals surface area contributed by atoms with Gasteiger partial charge in [-0.1, -0.05) is 30.3 Å². The number of nitrogens with zero attached hydrogens (tertiary/aromatic N) is 5. The van der Waals surface area contributed by atoms with Gasteiger partial charge in [0.05, 0.1) is 11.6 Å². The number of pyridine rings is 1. The zero-order valence-corrected chi connectivity index (χ0v) is 22.8. The highest BCUT2D eigenvalue weighted by Crippen LogP contribution is 2.35. The number of aromatic nitrogens is 2. The minimum atomic E-state index is -0.570. The van der Waals surface area contributed by atoms with Crippen LogP contribution in [-0.4, -0.2) is 54.0 Å². The summed E-state index contributed by atoms with van der Waals surface area (Å²) in [6.07, 6.45) is 6.51. The van der Waals surface area contributed by atoms with Crippen molar-refractivity contribution in [1.82, 2.24) is 14.5 Å². The second-order valence-electron chi connectivity index (χ2n) is 9.56. The van der Waals surface area contributed by atoms with E-state index in [1.54, 1.807) is 37.2 Å². The Labute approximate surface area is 228 Å². The minimum absolute atomic E-state index is 0.112. The first-order valence-corrected chi connectivity index (χ1v) is 12.6. The minimum Gasteiger partial charge on any atom is -0.442 e. The maximum Gasteiger partial charge on any atom is 0.304 e. The molecule has 0 radical (unpaired) electrons. The summed E-state index contributed by atoms with van der Waals surface area (Å²) in [6, 6.07) is 19.3. The molecular formula is C31H31N5O3. The van der Waals surface area contributed by atoms with Crippen molar-refractivity contribution in [3.8, 4) is 28.3 Å². The number of fused-ring (bicyclic) bond motifs is 1. The lowest BCUT2D eigenvalue weighted by atomic mass is 10.0. The first-order chi connectivity index (χ1) is 18.7. The Morgan fingerprint density at radius 1 is 1.08 bits per heavy atom. The highest BCUT2D eigenvalue weighted by atomic mass is 16.6. The number of esters is 1. The number of hydrogen-bond donors (Lipinski definition) is 0. The van der Waals surface area contributed by atoms with Crippen molar-refractivity contribution in [2.24, 2.45) is 0 Å². The average molecular weight is 522 g/mol. The SMILES string of the molecule is CC(=O)OC(C)n1cc(-c2cccc(C#N)c2)c2cc(-c3cccc(N(C)C(=O)C=CCN(C)C)c3)cnc21. The van der Waals surface area contributed by atoms with Gasteiger partial charge in [0.2, 0.25) is 5.91 Å². The van der Waals surface area contributed by atoms with Gasteiger partial charge in [0, 0.05) is 61.2 Å². The number of nitriles is 1. The zero-order valence-electron chi connectivity index (χ0n) is 22.8. The number of rotatable bonds is 8. The summed E-state index contributed by atoms with van der Waals surface area (Å²) < 4.78 is 7.26. The molecule has 0 bridgehead atoms. The largest absolute Gasteiger partial charge is 0.442 e. The number of likely N-dealkylation sites (N-methyl/N-ethyl adjacent to an activating group) is 2. The van der Waals surface area contributed by atoms with Gasteiger partial charge in [-0.3, -0.25) is 14.2 Å². The maximum absolute atomic E-state index is 12.7. The fourth-order valence-corrected chi connectivity index (χ4v) is 4.35. The van der Waals surface area contributed by atoms with E-state index in [0.29, 0.717) is 17.8 Å². The van der Waals surface area contributed by atoms with Crippen LogP contribution in [0.1, 0.15) is 25.6 Å². The molecule has 0 aliphatic rings. The Bertz CT molecular complexity index is 1600. The van der Waals surface area contributed by atoms with Crippen LogP contribution < -0.4 is 4.90 Å². The van der Waals surface area contributed by atoms with Crippen LogP contribution in [-0.2, 0) is 14.3 Å². The molecule has 0 saturated carbocycles. The van der Waals surface area contributed by atoms with Crippen molar-refractivity contribution in [1.29, 1.82) is 5.26 Å². The summed E-state index contributed by atoms with van der Waals surface area (Å²) in [4.78, 5) is 32.7. The highest BCUT2D eigenvalue weighted by molar-refractivity contribution is 6.01. The zero-order chi connectivity index (χ0) is 28.1. The molecule has 1 amide bonds. The Kier molecular flexibility index (Phi) is 8.23. The lowest BCUT2D eigenvalue weighted by Crippen LogP contribution is -2.24. The van der Waals surface area contributed by atoms with E-state index < -0.39 is 6.23 Å². The molecule has 0 N–H and O–H groups in total. The number of anilines is 1. The molecular weight excluding hydrogens is 490 g/mol. The van der Waals surface area contributed by atoms with Gasteiger partial charge in [-0.25, -0.2) is 4.98 Å². The first-order valence-electron chi connectivity index (χ1n) is 12.6. The Balaban J connectivity index is 1.77. The summed E-state index contributed by atoms with van der Waals surface area (Å²) in [5, 5.41) is 10.3. The smallest absolute Gasteiger partial charge is 0.304 e. The lowest BCUT2D eigenvalue weighted by molar-refractivity contribution is -0.149. The van der Waals surface area contributed by atoms with Crippen LogP contribution in [0.15, 0.2) is 79.1 Å².